The molecule has 2 heterocycles. The summed E-state index contributed by atoms with van der Waals surface area (Å²) in [7, 11) is 0. The maximum Gasteiger partial charge on any atom is 0.325 e. The Morgan fingerprint density at radius 1 is 1.23 bits per heavy atom. The van der Waals surface area contributed by atoms with Gasteiger partial charge >= 0.3 is 5.97 Å². The second-order valence-electron chi connectivity index (χ2n) is 5.91. The van der Waals surface area contributed by atoms with Crippen LogP contribution in [0.15, 0.2) is 42.7 Å². The van der Waals surface area contributed by atoms with E-state index in [1.54, 1.807) is 0 Å². The number of carbonyl (C=O) groups is 2. The number of benzene rings is 1. The van der Waals surface area contributed by atoms with E-state index in [-0.39, 0.29) is 17.0 Å². The van der Waals surface area contributed by atoms with E-state index < -0.39 is 17.9 Å². The molecule has 0 saturated heterocycles. The van der Waals surface area contributed by atoms with E-state index in [1.165, 1.54) is 23.8 Å². The molecule has 0 fully saturated rings. The number of fused-ring (bicyclic) bond motifs is 1. The van der Waals surface area contributed by atoms with Crippen LogP contribution in [0.25, 0.3) is 5.65 Å². The second kappa shape index (κ2) is 7.22. The summed E-state index contributed by atoms with van der Waals surface area (Å²) in [5, 5.41) is 25.7. The largest absolute Gasteiger partial charge is 0.507 e. The molecule has 0 spiro atoms. The van der Waals surface area contributed by atoms with Crippen molar-refractivity contribution in [3.63, 3.8) is 0 Å². The average molecular weight is 354 g/mol. The third kappa shape index (κ3) is 3.49. The minimum atomic E-state index is -1.17. The van der Waals surface area contributed by atoms with Crippen LogP contribution < -0.4 is 5.32 Å². The normalized spacial score (nSPS) is 12.0. The number of hydrogen-bond donors (Lipinski definition) is 3. The first-order valence-corrected chi connectivity index (χ1v) is 8.09. The molecular weight excluding hydrogens is 336 g/mol. The summed E-state index contributed by atoms with van der Waals surface area (Å²) < 4.78 is 1.49. The highest BCUT2D eigenvalue weighted by Gasteiger charge is 2.23. The van der Waals surface area contributed by atoms with Gasteiger partial charge in [-0.15, -0.1) is 0 Å². The first-order chi connectivity index (χ1) is 12.5. The molecule has 134 valence electrons. The molecule has 8 heteroatoms. The van der Waals surface area contributed by atoms with Crippen LogP contribution in [0.1, 0.15) is 28.5 Å². The number of rotatable bonds is 6. The lowest BCUT2D eigenvalue weighted by atomic mass is 10.1. The summed E-state index contributed by atoms with van der Waals surface area (Å²) in [5.74, 6) is -2.15. The van der Waals surface area contributed by atoms with E-state index in [2.05, 4.69) is 15.4 Å². The van der Waals surface area contributed by atoms with Crippen molar-refractivity contribution >= 4 is 17.5 Å². The number of aromatic hydroxyl groups is 1. The van der Waals surface area contributed by atoms with Gasteiger partial charge in [-0.1, -0.05) is 30.3 Å². The highest BCUT2D eigenvalue weighted by Crippen LogP contribution is 2.24. The molecule has 3 aromatic rings. The highest BCUT2D eigenvalue weighted by molar-refractivity contribution is 6.03. The number of hydrogen-bond acceptors (Lipinski definition) is 5. The van der Waals surface area contributed by atoms with E-state index in [1.807, 2.05) is 30.3 Å². The number of pyridine rings is 1. The van der Waals surface area contributed by atoms with Gasteiger partial charge in [-0.2, -0.15) is 5.10 Å². The molecule has 2 aromatic heterocycles. The Balaban J connectivity index is 1.91. The summed E-state index contributed by atoms with van der Waals surface area (Å²) in [6.07, 6.45) is 2.61. The fraction of sp³-hybridized carbons (Fsp3) is 0.222. The number of aryl methyl sites for hydroxylation is 2. The maximum absolute atomic E-state index is 12.4. The van der Waals surface area contributed by atoms with Crippen LogP contribution in [0.2, 0.25) is 0 Å². The minimum Gasteiger partial charge on any atom is -0.507 e. The molecule has 0 aliphatic carbocycles. The Hall–Kier alpha value is -3.42. The van der Waals surface area contributed by atoms with Gasteiger partial charge in [0.1, 0.15) is 23.7 Å². The van der Waals surface area contributed by atoms with Crippen molar-refractivity contribution in [2.45, 2.75) is 25.8 Å². The Morgan fingerprint density at radius 3 is 2.65 bits per heavy atom. The minimum absolute atomic E-state index is 0.0981. The van der Waals surface area contributed by atoms with Crippen LogP contribution in [-0.4, -0.2) is 42.7 Å². The molecule has 26 heavy (non-hydrogen) atoms. The Labute approximate surface area is 149 Å². The van der Waals surface area contributed by atoms with E-state index >= 15 is 0 Å². The molecule has 0 radical (unpaired) electrons. The van der Waals surface area contributed by atoms with Gasteiger partial charge in [0.25, 0.3) is 5.91 Å². The average Bonchev–Trinajstić information content (AvgIpc) is 3.09. The number of carboxylic acids is 1. The van der Waals surface area contributed by atoms with Gasteiger partial charge in [-0.05, 0) is 25.3 Å². The van der Waals surface area contributed by atoms with Crippen LogP contribution in [-0.2, 0) is 17.6 Å². The van der Waals surface area contributed by atoms with Crippen LogP contribution in [0, 0.1) is 0 Å². The maximum atomic E-state index is 12.4. The molecule has 3 N–H and O–H groups in total. The highest BCUT2D eigenvalue weighted by atomic mass is 16.4. The van der Waals surface area contributed by atoms with E-state index in [9.17, 15) is 14.7 Å². The summed E-state index contributed by atoms with van der Waals surface area (Å²) in [6, 6.07) is 10.2. The molecule has 8 nitrogen and oxygen atoms in total. The SMILES string of the molecule is C[C@H](NC(=O)c1c(O)cc(CCc2ccccc2)n2ncnc12)C(=O)O. The summed E-state index contributed by atoms with van der Waals surface area (Å²) >= 11 is 0. The molecule has 3 rings (SSSR count). The third-order valence-corrected chi connectivity index (χ3v) is 4.06. The van der Waals surface area contributed by atoms with Gasteiger partial charge in [0, 0.05) is 11.8 Å². The van der Waals surface area contributed by atoms with E-state index in [0.717, 1.165) is 12.0 Å². The van der Waals surface area contributed by atoms with Gasteiger partial charge in [0.05, 0.1) is 0 Å². The lowest BCUT2D eigenvalue weighted by Crippen LogP contribution is -2.38. The van der Waals surface area contributed by atoms with Crippen LogP contribution in [0.4, 0.5) is 0 Å². The van der Waals surface area contributed by atoms with Crippen LogP contribution in [0.5, 0.6) is 5.75 Å². The van der Waals surface area contributed by atoms with Crippen molar-refractivity contribution in [2.24, 2.45) is 0 Å². The summed E-state index contributed by atoms with van der Waals surface area (Å²) in [5.41, 5.74) is 1.92. The van der Waals surface area contributed by atoms with Crippen molar-refractivity contribution in [1.29, 1.82) is 0 Å². The monoisotopic (exact) mass is 354 g/mol. The van der Waals surface area contributed by atoms with Gasteiger partial charge in [-0.25, -0.2) is 9.50 Å². The molecule has 1 aromatic carbocycles. The van der Waals surface area contributed by atoms with Gasteiger partial charge < -0.3 is 15.5 Å². The number of carbonyl (C=O) groups excluding carboxylic acids is 1. The Morgan fingerprint density at radius 2 is 1.96 bits per heavy atom. The van der Waals surface area contributed by atoms with E-state index in [4.69, 9.17) is 5.11 Å². The van der Waals surface area contributed by atoms with Gasteiger partial charge in [0.2, 0.25) is 0 Å². The quantitative estimate of drug-likeness (QED) is 0.616. The molecular formula is C18H18N4O4. The van der Waals surface area contributed by atoms with Crippen molar-refractivity contribution in [3.8, 4) is 5.75 Å². The lowest BCUT2D eigenvalue weighted by molar-refractivity contribution is -0.138. The fourth-order valence-electron chi connectivity index (χ4n) is 2.67. The van der Waals surface area contributed by atoms with E-state index in [0.29, 0.717) is 12.1 Å². The summed E-state index contributed by atoms with van der Waals surface area (Å²) in [4.78, 5) is 27.3. The Kier molecular flexibility index (Phi) is 4.83. The zero-order valence-corrected chi connectivity index (χ0v) is 14.1. The summed E-state index contributed by atoms with van der Waals surface area (Å²) in [6.45, 7) is 1.34. The number of carboxylic acid groups (broad SMARTS) is 1. The molecule has 0 aliphatic heterocycles. The number of aromatic nitrogens is 3. The molecule has 0 saturated carbocycles. The van der Waals surface area contributed by atoms with Crippen molar-refractivity contribution in [1.82, 2.24) is 19.9 Å². The Bertz CT molecular complexity index is 952. The first-order valence-electron chi connectivity index (χ1n) is 8.09. The van der Waals surface area contributed by atoms with Crippen LogP contribution >= 0.6 is 0 Å². The number of nitrogens with zero attached hydrogens (tertiary/aromatic N) is 3. The fourth-order valence-corrected chi connectivity index (χ4v) is 2.67. The predicted molar refractivity (Wildman–Crippen MR) is 93.1 cm³/mol. The van der Waals surface area contributed by atoms with Crippen molar-refractivity contribution < 1.29 is 19.8 Å². The first kappa shape index (κ1) is 17.4. The molecule has 1 atom stereocenters. The smallest absolute Gasteiger partial charge is 0.325 e. The standard InChI is InChI=1S/C18H18N4O4/c1-11(18(25)26)21-17(24)15-14(23)9-13(22-16(15)19-10-20-22)8-7-12-5-3-2-4-6-12/h2-6,9-11,23H,7-8H2,1H3,(H,21,24)(H,25,26)/t11-/m0/s1. The van der Waals surface area contributed by atoms with Crippen molar-refractivity contribution in [2.75, 3.05) is 0 Å². The molecule has 0 aliphatic rings. The number of nitrogens with one attached hydrogen (secondary N) is 1. The topological polar surface area (TPSA) is 117 Å². The predicted octanol–water partition coefficient (Wildman–Crippen LogP) is 1.42. The van der Waals surface area contributed by atoms with Gasteiger partial charge in [0.15, 0.2) is 5.65 Å². The molecule has 0 bridgehead atoms. The number of aliphatic carboxylic acids is 1. The lowest BCUT2D eigenvalue weighted by Gasteiger charge is -2.13. The van der Waals surface area contributed by atoms with Gasteiger partial charge in [-0.3, -0.25) is 9.59 Å². The number of amides is 1. The zero-order valence-electron chi connectivity index (χ0n) is 14.1. The third-order valence-electron chi connectivity index (χ3n) is 4.06. The van der Waals surface area contributed by atoms with Crippen molar-refractivity contribution in [3.05, 3.63) is 59.5 Å². The zero-order chi connectivity index (χ0) is 18.7. The van der Waals surface area contributed by atoms with Crippen LogP contribution in [0.3, 0.4) is 0 Å². The molecule has 0 unspecified atom stereocenters. The second-order valence-corrected chi connectivity index (χ2v) is 5.91. The molecule has 1 amide bonds.